The first-order valence-electron chi connectivity index (χ1n) is 4.05. The average molecular weight is 316 g/mol. The SMILES string of the molecule is C=C(C)C1(F)C(F)(F)C(F)(F)S(=O)(=[OH+])NS1(=O)=O. The molecule has 2 N–H and O–H groups in total. The number of halogens is 5. The molecule has 2 unspecified atom stereocenters. The second-order valence-corrected chi connectivity index (χ2v) is 7.38. The van der Waals surface area contributed by atoms with Crippen LogP contribution in [0.1, 0.15) is 6.92 Å². The van der Waals surface area contributed by atoms with E-state index >= 15 is 0 Å². The zero-order chi connectivity index (χ0) is 14.8. The summed E-state index contributed by atoms with van der Waals surface area (Å²) in [6, 6.07) is 0. The van der Waals surface area contributed by atoms with E-state index in [1.54, 1.807) is 0 Å². The Kier molecular flexibility index (Phi) is 2.91. The Bertz CT molecular complexity index is 610. The summed E-state index contributed by atoms with van der Waals surface area (Å²) in [7, 11) is -11.9. The number of hydrogen-bond acceptors (Lipinski definition) is 3. The third kappa shape index (κ3) is 1.39. The lowest BCUT2D eigenvalue weighted by molar-refractivity contribution is -0.201. The van der Waals surface area contributed by atoms with Gasteiger partial charge < -0.3 is 0 Å². The van der Waals surface area contributed by atoms with Crippen LogP contribution in [0.5, 0.6) is 0 Å². The fourth-order valence-electron chi connectivity index (χ4n) is 1.29. The highest BCUT2D eigenvalue weighted by Gasteiger charge is 2.87. The quantitative estimate of drug-likeness (QED) is 0.443. The molecule has 1 aliphatic heterocycles. The summed E-state index contributed by atoms with van der Waals surface area (Å²) in [6.45, 7) is 3.01. The Balaban J connectivity index is 3.84. The maximum absolute atomic E-state index is 13.9. The predicted octanol–water partition coefficient (Wildman–Crippen LogP) is 0.876. The Labute approximate surface area is 98.8 Å². The van der Waals surface area contributed by atoms with E-state index in [1.807, 2.05) is 0 Å². The summed E-state index contributed by atoms with van der Waals surface area (Å²) < 4.78 is 109. The lowest BCUT2D eigenvalue weighted by Crippen LogP contribution is -2.72. The highest BCUT2D eigenvalue weighted by Crippen LogP contribution is 2.55. The van der Waals surface area contributed by atoms with Gasteiger partial charge in [-0.05, 0) is 12.5 Å². The molecule has 1 heterocycles. The van der Waals surface area contributed by atoms with Crippen molar-refractivity contribution in [2.45, 2.75) is 23.1 Å². The summed E-state index contributed by atoms with van der Waals surface area (Å²) >= 11 is 0. The summed E-state index contributed by atoms with van der Waals surface area (Å²) in [5.74, 6) is -5.96. The van der Waals surface area contributed by atoms with E-state index in [0.717, 1.165) is 0 Å². The third-order valence-corrected chi connectivity index (χ3v) is 6.34. The van der Waals surface area contributed by atoms with Gasteiger partial charge in [0.1, 0.15) is 0 Å². The van der Waals surface area contributed by atoms with E-state index in [-0.39, 0.29) is 0 Å². The van der Waals surface area contributed by atoms with Crippen molar-refractivity contribution in [2.75, 3.05) is 0 Å². The molecule has 12 heteroatoms. The number of nitrogens with one attached hydrogen (secondary N) is 1. The molecule has 0 saturated carbocycles. The standard InChI is InChI=1S/C6H6F5NO4S2/c1-3(2)4(7)5(8,9)6(10,11)18(15,16)12-17(4,13)14/h1H2,2H3,(H,12,15,16)/p+1. The molecule has 0 amide bonds. The predicted molar refractivity (Wildman–Crippen MR) is 50.7 cm³/mol. The van der Waals surface area contributed by atoms with E-state index in [4.69, 9.17) is 4.21 Å². The number of rotatable bonds is 1. The summed E-state index contributed by atoms with van der Waals surface area (Å²) in [6.07, 6.45) is 0. The van der Waals surface area contributed by atoms with Crippen molar-refractivity contribution >= 4 is 20.0 Å². The molecule has 1 aliphatic rings. The largest absolute Gasteiger partial charge is 0.474 e. The second kappa shape index (κ2) is 3.42. The van der Waals surface area contributed by atoms with Gasteiger partial charge in [-0.1, -0.05) is 10.7 Å². The summed E-state index contributed by atoms with van der Waals surface area (Å²) in [5, 5.41) is -10.7. The van der Waals surface area contributed by atoms with Crippen LogP contribution in [-0.4, -0.2) is 33.0 Å². The first-order chi connectivity index (χ1) is 7.65. The minimum Gasteiger partial charge on any atom is -0.213 e. The van der Waals surface area contributed by atoms with Crippen LogP contribution >= 0.6 is 0 Å². The Hall–Kier alpha value is -0.750. The van der Waals surface area contributed by atoms with Gasteiger partial charge in [0.25, 0.3) is 10.0 Å². The zero-order valence-corrected chi connectivity index (χ0v) is 10.2. The molecule has 0 radical (unpaired) electrons. The molecule has 0 aromatic carbocycles. The molecule has 5 nitrogen and oxygen atoms in total. The van der Waals surface area contributed by atoms with Crippen LogP contribution in [0.3, 0.4) is 0 Å². The molecule has 1 rings (SSSR count). The lowest BCUT2D eigenvalue weighted by Gasteiger charge is -2.38. The van der Waals surface area contributed by atoms with E-state index in [0.29, 0.717) is 11.1 Å². The topological polar surface area (TPSA) is 84.6 Å². The van der Waals surface area contributed by atoms with Gasteiger partial charge in [-0.3, -0.25) is 0 Å². The summed E-state index contributed by atoms with van der Waals surface area (Å²) in [5.41, 5.74) is -1.45. The maximum atomic E-state index is 13.9. The fraction of sp³-hybridized carbons (Fsp3) is 0.667. The Morgan fingerprint density at radius 2 is 1.56 bits per heavy atom. The molecular formula is C6H7F5NO4S2+. The van der Waals surface area contributed by atoms with Gasteiger partial charge in [0.2, 0.25) is 0 Å². The van der Waals surface area contributed by atoms with Gasteiger partial charge >= 0.3 is 26.2 Å². The van der Waals surface area contributed by atoms with Crippen LogP contribution in [0.2, 0.25) is 0 Å². The molecule has 0 bridgehead atoms. The first-order valence-corrected chi connectivity index (χ1v) is 7.05. The van der Waals surface area contributed by atoms with E-state index in [2.05, 4.69) is 6.58 Å². The third-order valence-electron chi connectivity index (χ3n) is 2.26. The van der Waals surface area contributed by atoms with Crippen molar-refractivity contribution in [1.29, 1.82) is 0 Å². The minimum absolute atomic E-state index is 0.340. The van der Waals surface area contributed by atoms with Crippen LogP contribution in [0.25, 0.3) is 0 Å². The number of sulfonamides is 1. The fourth-order valence-corrected chi connectivity index (χ4v) is 4.83. The van der Waals surface area contributed by atoms with Crippen molar-refractivity contribution in [3.63, 3.8) is 0 Å². The van der Waals surface area contributed by atoms with Gasteiger partial charge in [0, 0.05) is 0 Å². The van der Waals surface area contributed by atoms with E-state index in [9.17, 15) is 34.6 Å². The van der Waals surface area contributed by atoms with Crippen LogP contribution < -0.4 is 4.13 Å². The van der Waals surface area contributed by atoms with Gasteiger partial charge in [-0.25, -0.2) is 17.0 Å². The van der Waals surface area contributed by atoms with Crippen molar-refractivity contribution in [3.05, 3.63) is 12.2 Å². The normalized spacial score (nSPS) is 41.2. The lowest BCUT2D eigenvalue weighted by atomic mass is 10.1. The van der Waals surface area contributed by atoms with Gasteiger partial charge in [-0.2, -0.15) is 21.8 Å². The number of hydrogen-bond donors (Lipinski definition) is 1. The average Bonchev–Trinajstić information content (AvgIpc) is 2.11. The molecule has 0 aromatic rings. The minimum atomic E-state index is -6.03. The molecule has 18 heavy (non-hydrogen) atoms. The zero-order valence-electron chi connectivity index (χ0n) is 8.59. The molecular weight excluding hydrogens is 309 g/mol. The van der Waals surface area contributed by atoms with Crippen LogP contribution in [0.4, 0.5) is 22.0 Å². The van der Waals surface area contributed by atoms with Gasteiger partial charge in [-0.15, -0.1) is 0 Å². The van der Waals surface area contributed by atoms with Gasteiger partial charge in [0.05, 0.1) is 0 Å². The molecule has 1 fully saturated rings. The molecule has 2 atom stereocenters. The molecule has 106 valence electrons. The molecule has 0 aliphatic carbocycles. The van der Waals surface area contributed by atoms with E-state index in [1.165, 1.54) is 0 Å². The second-order valence-electron chi connectivity index (χ2n) is 3.58. The molecule has 0 aromatic heterocycles. The summed E-state index contributed by atoms with van der Waals surface area (Å²) in [4.78, 5) is 0. The highest BCUT2D eigenvalue weighted by molar-refractivity contribution is 8.06. The molecule has 1 saturated heterocycles. The van der Waals surface area contributed by atoms with Crippen LogP contribution in [-0.2, 0) is 20.0 Å². The smallest absolute Gasteiger partial charge is 0.213 e. The number of alkyl halides is 5. The Morgan fingerprint density at radius 1 is 1.17 bits per heavy atom. The van der Waals surface area contributed by atoms with Crippen molar-refractivity contribution in [1.82, 2.24) is 4.13 Å². The molecule has 0 spiro atoms. The maximum Gasteiger partial charge on any atom is 0.474 e. The Morgan fingerprint density at radius 3 is 1.89 bits per heavy atom. The van der Waals surface area contributed by atoms with Crippen LogP contribution in [0.15, 0.2) is 12.2 Å². The van der Waals surface area contributed by atoms with Gasteiger partial charge in [0.15, 0.2) is 0 Å². The van der Waals surface area contributed by atoms with Crippen molar-refractivity contribution in [2.24, 2.45) is 0 Å². The van der Waals surface area contributed by atoms with Crippen molar-refractivity contribution in [3.8, 4) is 0 Å². The van der Waals surface area contributed by atoms with Crippen LogP contribution in [0, 0.1) is 0 Å². The van der Waals surface area contributed by atoms with Crippen molar-refractivity contribution < 1.29 is 38.8 Å². The van der Waals surface area contributed by atoms with E-state index < -0.39 is 41.8 Å². The highest BCUT2D eigenvalue weighted by atomic mass is 32.3. The monoisotopic (exact) mass is 316 g/mol. The first kappa shape index (κ1) is 15.3.